The number of hydrogen-bond donors (Lipinski definition) is 0. The summed E-state index contributed by atoms with van der Waals surface area (Å²) in [5, 5.41) is 0. The van der Waals surface area contributed by atoms with Crippen LogP contribution in [0.2, 0.25) is 0 Å². The lowest BCUT2D eigenvalue weighted by molar-refractivity contribution is 0.234. The summed E-state index contributed by atoms with van der Waals surface area (Å²) in [5.41, 5.74) is 0.818. The van der Waals surface area contributed by atoms with E-state index in [4.69, 9.17) is 15.4 Å². The minimum absolute atomic E-state index is 0.120. The summed E-state index contributed by atoms with van der Waals surface area (Å²) in [7, 11) is 1.66. The lowest BCUT2D eigenvalue weighted by Crippen LogP contribution is -2.26. The molecule has 0 fully saturated rings. The van der Waals surface area contributed by atoms with Crippen molar-refractivity contribution in [1.82, 2.24) is 0 Å². The highest BCUT2D eigenvalue weighted by Gasteiger charge is 2.24. The van der Waals surface area contributed by atoms with Crippen molar-refractivity contribution in [3.05, 3.63) is 29.6 Å². The Bertz CT molecular complexity index is 501. The van der Waals surface area contributed by atoms with Gasteiger partial charge in [-0.25, -0.2) is 12.8 Å². The number of fused-ring (bicyclic) bond motifs is 1. The SMILES string of the molecule is O=S(=O)(Cl)CC1COc2cc(F)ccc2C1. The maximum atomic E-state index is 12.9. The van der Waals surface area contributed by atoms with Crippen molar-refractivity contribution < 1.29 is 17.5 Å². The van der Waals surface area contributed by atoms with Gasteiger partial charge >= 0.3 is 0 Å². The molecule has 16 heavy (non-hydrogen) atoms. The van der Waals surface area contributed by atoms with Crippen LogP contribution in [0, 0.1) is 11.7 Å². The summed E-state index contributed by atoms with van der Waals surface area (Å²) in [6, 6.07) is 4.25. The fourth-order valence-electron chi connectivity index (χ4n) is 1.80. The maximum Gasteiger partial charge on any atom is 0.233 e. The molecule has 0 bridgehead atoms. The van der Waals surface area contributed by atoms with Crippen molar-refractivity contribution >= 4 is 19.7 Å². The molecular weight excluding hydrogens is 255 g/mol. The molecule has 1 heterocycles. The molecule has 0 N–H and O–H groups in total. The molecule has 0 spiro atoms. The van der Waals surface area contributed by atoms with E-state index in [9.17, 15) is 12.8 Å². The van der Waals surface area contributed by atoms with E-state index in [-0.39, 0.29) is 24.1 Å². The monoisotopic (exact) mass is 264 g/mol. The first-order chi connectivity index (χ1) is 7.44. The second kappa shape index (κ2) is 4.22. The standard InChI is InChI=1S/C10H10ClFO3S/c11-16(13,14)6-7-3-8-1-2-9(12)4-10(8)15-5-7/h1-2,4,7H,3,5-6H2. The second-order valence-electron chi connectivity index (χ2n) is 3.84. The lowest BCUT2D eigenvalue weighted by Gasteiger charge is -2.24. The minimum Gasteiger partial charge on any atom is -0.493 e. The summed E-state index contributed by atoms with van der Waals surface area (Å²) < 4.78 is 40.0. The molecule has 1 aliphatic rings. The number of rotatable bonds is 2. The van der Waals surface area contributed by atoms with E-state index in [0.29, 0.717) is 12.2 Å². The summed E-state index contributed by atoms with van der Waals surface area (Å²) >= 11 is 0. The van der Waals surface area contributed by atoms with Gasteiger partial charge in [0.05, 0.1) is 12.4 Å². The summed E-state index contributed by atoms with van der Waals surface area (Å²) in [4.78, 5) is 0. The second-order valence-corrected chi connectivity index (χ2v) is 6.66. The van der Waals surface area contributed by atoms with E-state index in [1.807, 2.05) is 0 Å². The highest BCUT2D eigenvalue weighted by Crippen LogP contribution is 2.28. The highest BCUT2D eigenvalue weighted by molar-refractivity contribution is 8.13. The van der Waals surface area contributed by atoms with Gasteiger partial charge in [-0.1, -0.05) is 6.07 Å². The van der Waals surface area contributed by atoms with Crippen molar-refractivity contribution in [2.75, 3.05) is 12.4 Å². The predicted octanol–water partition coefficient (Wildman–Crippen LogP) is 1.95. The third kappa shape index (κ3) is 2.86. The third-order valence-electron chi connectivity index (χ3n) is 2.45. The molecule has 88 valence electrons. The molecule has 0 saturated heterocycles. The van der Waals surface area contributed by atoms with Crippen molar-refractivity contribution in [2.24, 2.45) is 5.92 Å². The van der Waals surface area contributed by atoms with Crippen LogP contribution >= 0.6 is 10.7 Å². The van der Waals surface area contributed by atoms with Gasteiger partial charge in [-0.15, -0.1) is 0 Å². The van der Waals surface area contributed by atoms with Gasteiger partial charge in [0.1, 0.15) is 11.6 Å². The van der Waals surface area contributed by atoms with Gasteiger partial charge < -0.3 is 4.74 Å². The first kappa shape index (κ1) is 11.7. The number of benzene rings is 1. The molecule has 1 aromatic rings. The van der Waals surface area contributed by atoms with Crippen LogP contribution in [-0.2, 0) is 15.5 Å². The van der Waals surface area contributed by atoms with E-state index in [0.717, 1.165) is 5.56 Å². The topological polar surface area (TPSA) is 43.4 Å². The quantitative estimate of drug-likeness (QED) is 0.767. The van der Waals surface area contributed by atoms with Crippen molar-refractivity contribution in [1.29, 1.82) is 0 Å². The van der Waals surface area contributed by atoms with Gasteiger partial charge in [-0.2, -0.15) is 0 Å². The van der Waals surface area contributed by atoms with Gasteiger partial charge in [0.2, 0.25) is 9.05 Å². The van der Waals surface area contributed by atoms with E-state index in [2.05, 4.69) is 0 Å². The first-order valence-electron chi connectivity index (χ1n) is 4.77. The Morgan fingerprint density at radius 1 is 1.50 bits per heavy atom. The van der Waals surface area contributed by atoms with Gasteiger partial charge in [-0.05, 0) is 18.1 Å². The zero-order chi connectivity index (χ0) is 11.8. The Labute approximate surface area is 97.6 Å². The van der Waals surface area contributed by atoms with E-state index in [1.54, 1.807) is 6.07 Å². The van der Waals surface area contributed by atoms with Crippen LogP contribution in [-0.4, -0.2) is 20.8 Å². The molecule has 1 aliphatic heterocycles. The molecule has 0 radical (unpaired) electrons. The fourth-order valence-corrected chi connectivity index (χ4v) is 3.11. The van der Waals surface area contributed by atoms with Gasteiger partial charge in [0, 0.05) is 22.7 Å². The van der Waals surface area contributed by atoms with Crippen LogP contribution in [0.15, 0.2) is 18.2 Å². The summed E-state index contributed by atoms with van der Waals surface area (Å²) in [6.45, 7) is 0.252. The number of ether oxygens (including phenoxy) is 1. The van der Waals surface area contributed by atoms with Crippen molar-refractivity contribution in [3.63, 3.8) is 0 Å². The van der Waals surface area contributed by atoms with Crippen molar-refractivity contribution in [2.45, 2.75) is 6.42 Å². The van der Waals surface area contributed by atoms with Crippen LogP contribution in [0.1, 0.15) is 5.56 Å². The average Bonchev–Trinajstić information content (AvgIpc) is 2.16. The van der Waals surface area contributed by atoms with Crippen molar-refractivity contribution in [3.8, 4) is 5.75 Å². The molecule has 1 atom stereocenters. The third-order valence-corrected chi connectivity index (χ3v) is 3.69. The number of halogens is 2. The average molecular weight is 265 g/mol. The van der Waals surface area contributed by atoms with E-state index < -0.39 is 9.05 Å². The smallest absolute Gasteiger partial charge is 0.233 e. The molecule has 6 heteroatoms. The molecule has 0 saturated carbocycles. The molecular formula is C10H10ClFO3S. The van der Waals surface area contributed by atoms with Crippen LogP contribution < -0.4 is 4.74 Å². The van der Waals surface area contributed by atoms with Crippen LogP contribution in [0.4, 0.5) is 4.39 Å². The Morgan fingerprint density at radius 2 is 2.25 bits per heavy atom. The Hall–Kier alpha value is -0.810. The molecule has 1 aromatic carbocycles. The fraction of sp³-hybridized carbons (Fsp3) is 0.400. The summed E-state index contributed by atoms with van der Waals surface area (Å²) in [5.74, 6) is -0.156. The zero-order valence-electron chi connectivity index (χ0n) is 8.32. The largest absolute Gasteiger partial charge is 0.493 e. The molecule has 0 aromatic heterocycles. The number of hydrogen-bond acceptors (Lipinski definition) is 3. The lowest BCUT2D eigenvalue weighted by atomic mass is 9.98. The van der Waals surface area contributed by atoms with Crippen LogP contribution in [0.3, 0.4) is 0 Å². The normalized spacial score (nSPS) is 20.0. The van der Waals surface area contributed by atoms with E-state index >= 15 is 0 Å². The molecule has 0 aliphatic carbocycles. The van der Waals surface area contributed by atoms with Gasteiger partial charge in [0.15, 0.2) is 0 Å². The summed E-state index contributed by atoms with van der Waals surface area (Å²) in [6.07, 6.45) is 0.543. The van der Waals surface area contributed by atoms with Crippen LogP contribution in [0.5, 0.6) is 5.75 Å². The van der Waals surface area contributed by atoms with Gasteiger partial charge in [-0.3, -0.25) is 0 Å². The first-order valence-corrected chi connectivity index (χ1v) is 7.25. The Kier molecular flexibility index (Phi) is 3.08. The Balaban J connectivity index is 2.15. The molecule has 2 rings (SSSR count). The predicted molar refractivity (Wildman–Crippen MR) is 58.7 cm³/mol. The zero-order valence-corrected chi connectivity index (χ0v) is 9.89. The van der Waals surface area contributed by atoms with Crippen LogP contribution in [0.25, 0.3) is 0 Å². The molecule has 3 nitrogen and oxygen atoms in total. The van der Waals surface area contributed by atoms with Gasteiger partial charge in [0.25, 0.3) is 0 Å². The minimum atomic E-state index is -3.52. The highest BCUT2D eigenvalue weighted by atomic mass is 35.7. The molecule has 0 amide bonds. The Morgan fingerprint density at radius 3 is 2.94 bits per heavy atom. The maximum absolute atomic E-state index is 12.9. The van der Waals surface area contributed by atoms with E-state index in [1.165, 1.54) is 12.1 Å². The molecule has 1 unspecified atom stereocenters.